The lowest BCUT2D eigenvalue weighted by molar-refractivity contribution is -0.385. The number of benzene rings is 3. The van der Waals surface area contributed by atoms with Gasteiger partial charge in [0.25, 0.3) is 11.6 Å². The van der Waals surface area contributed by atoms with Crippen molar-refractivity contribution < 1.29 is 14.1 Å². The number of thioether (sulfide) groups is 1. The highest BCUT2D eigenvalue weighted by molar-refractivity contribution is 8.18. The predicted molar refractivity (Wildman–Crippen MR) is 146 cm³/mol. The minimum absolute atomic E-state index is 0.0335. The summed E-state index contributed by atoms with van der Waals surface area (Å²) in [6, 6.07) is 28.2. The number of nitro benzene ring substituents is 1. The van der Waals surface area contributed by atoms with E-state index in [1.807, 2.05) is 60.7 Å². The molecule has 2 heterocycles. The smallest absolute Gasteiger partial charge is 0.273 e. The van der Waals surface area contributed by atoms with E-state index in [4.69, 9.17) is 9.41 Å². The fourth-order valence-electron chi connectivity index (χ4n) is 3.95. The van der Waals surface area contributed by atoms with Crippen LogP contribution in [0.4, 0.5) is 5.69 Å². The van der Waals surface area contributed by atoms with Crippen LogP contribution in [0.25, 0.3) is 17.4 Å². The summed E-state index contributed by atoms with van der Waals surface area (Å²) in [5, 5.41) is 12.0. The Labute approximate surface area is 218 Å². The zero-order chi connectivity index (χ0) is 25.8. The van der Waals surface area contributed by atoms with Gasteiger partial charge in [-0.1, -0.05) is 72.8 Å². The molecule has 0 atom stereocenters. The number of hydrogen-bond donors (Lipinski definition) is 0. The van der Waals surface area contributed by atoms with Crippen molar-refractivity contribution in [1.29, 1.82) is 0 Å². The normalized spacial score (nSPS) is 15.6. The zero-order valence-corrected chi connectivity index (χ0v) is 20.9. The minimum atomic E-state index is -0.407. The van der Waals surface area contributed by atoms with Crippen LogP contribution in [-0.2, 0) is 17.9 Å². The fourth-order valence-corrected chi connectivity index (χ4v) is 4.90. The molecule has 4 aromatic rings. The number of nitro groups is 1. The van der Waals surface area contributed by atoms with Crippen molar-refractivity contribution in [2.45, 2.75) is 20.0 Å². The molecule has 1 aromatic heterocycles. The molecule has 0 unspecified atom stereocenters. The molecule has 8 heteroatoms. The van der Waals surface area contributed by atoms with E-state index in [1.165, 1.54) is 17.8 Å². The molecule has 0 radical (unpaired) electrons. The van der Waals surface area contributed by atoms with Gasteiger partial charge in [-0.25, -0.2) is 0 Å². The topological polar surface area (TPSA) is 89.0 Å². The summed E-state index contributed by atoms with van der Waals surface area (Å²) >= 11 is 1.31. The molecule has 1 fully saturated rings. The van der Waals surface area contributed by atoms with Crippen LogP contribution in [-0.4, -0.2) is 20.9 Å². The van der Waals surface area contributed by atoms with Crippen LogP contribution in [0.2, 0.25) is 0 Å². The van der Waals surface area contributed by atoms with Crippen LogP contribution in [0.15, 0.2) is 105 Å². The Hall–Kier alpha value is -4.43. The molecule has 1 aliphatic rings. The van der Waals surface area contributed by atoms with Crippen molar-refractivity contribution in [3.8, 4) is 11.3 Å². The molecular weight excluding hydrogens is 486 g/mol. The first kappa shape index (κ1) is 24.3. The Morgan fingerprint density at radius 1 is 0.973 bits per heavy atom. The van der Waals surface area contributed by atoms with Crippen LogP contribution >= 0.6 is 11.8 Å². The van der Waals surface area contributed by atoms with Gasteiger partial charge >= 0.3 is 0 Å². The lowest BCUT2D eigenvalue weighted by Crippen LogP contribution is -2.28. The summed E-state index contributed by atoms with van der Waals surface area (Å²) in [6.45, 7) is 2.57. The van der Waals surface area contributed by atoms with Crippen molar-refractivity contribution in [3.63, 3.8) is 0 Å². The number of amidine groups is 1. The Kier molecular flexibility index (Phi) is 7.00. The maximum absolute atomic E-state index is 13.4. The van der Waals surface area contributed by atoms with Gasteiger partial charge in [0.2, 0.25) is 0 Å². The number of rotatable bonds is 7. The average Bonchev–Trinajstić information content (AvgIpc) is 3.49. The molecular formula is C29H23N3O4S. The van der Waals surface area contributed by atoms with Crippen LogP contribution < -0.4 is 0 Å². The first-order valence-corrected chi connectivity index (χ1v) is 12.5. The van der Waals surface area contributed by atoms with Gasteiger partial charge in [0.15, 0.2) is 5.17 Å². The van der Waals surface area contributed by atoms with Gasteiger partial charge in [0, 0.05) is 23.3 Å². The van der Waals surface area contributed by atoms with Crippen molar-refractivity contribution in [3.05, 3.63) is 128 Å². The summed E-state index contributed by atoms with van der Waals surface area (Å²) in [7, 11) is 0. The highest BCUT2D eigenvalue weighted by Crippen LogP contribution is 2.35. The molecule has 0 aliphatic carbocycles. The van der Waals surface area contributed by atoms with Crippen molar-refractivity contribution >= 4 is 34.6 Å². The van der Waals surface area contributed by atoms with E-state index in [9.17, 15) is 14.9 Å². The molecule has 3 aromatic carbocycles. The Morgan fingerprint density at radius 2 is 1.68 bits per heavy atom. The van der Waals surface area contributed by atoms with Gasteiger partial charge in [0.05, 0.1) is 22.9 Å². The third kappa shape index (κ3) is 5.54. The summed E-state index contributed by atoms with van der Waals surface area (Å²) < 4.78 is 5.95. The molecule has 0 saturated carbocycles. The molecule has 1 aliphatic heterocycles. The first-order valence-electron chi connectivity index (χ1n) is 11.7. The molecule has 1 saturated heterocycles. The maximum atomic E-state index is 13.4. The van der Waals surface area contributed by atoms with Crippen LogP contribution in [0.3, 0.4) is 0 Å². The average molecular weight is 510 g/mol. The van der Waals surface area contributed by atoms with Crippen LogP contribution in [0.1, 0.15) is 22.5 Å². The first-order chi connectivity index (χ1) is 18.0. The predicted octanol–water partition coefficient (Wildman–Crippen LogP) is 6.84. The number of hydrogen-bond acceptors (Lipinski definition) is 6. The largest absolute Gasteiger partial charge is 0.457 e. The van der Waals surface area contributed by atoms with E-state index in [0.717, 1.165) is 11.1 Å². The van der Waals surface area contributed by atoms with Crippen LogP contribution in [0.5, 0.6) is 0 Å². The zero-order valence-electron chi connectivity index (χ0n) is 20.0. The lowest BCUT2D eigenvalue weighted by atomic mass is 10.1. The van der Waals surface area contributed by atoms with Crippen LogP contribution in [0, 0.1) is 17.0 Å². The lowest BCUT2D eigenvalue weighted by Gasteiger charge is -2.15. The summed E-state index contributed by atoms with van der Waals surface area (Å²) in [4.78, 5) is 31.3. The van der Waals surface area contributed by atoms with E-state index in [2.05, 4.69) is 0 Å². The molecule has 0 bridgehead atoms. The Bertz CT molecular complexity index is 1510. The minimum Gasteiger partial charge on any atom is -0.457 e. The number of aliphatic imine (C=N–C) groups is 1. The second kappa shape index (κ2) is 10.7. The van der Waals surface area contributed by atoms with E-state index in [0.29, 0.717) is 45.8 Å². The highest BCUT2D eigenvalue weighted by Gasteiger charge is 2.33. The molecule has 5 rings (SSSR count). The van der Waals surface area contributed by atoms with E-state index in [-0.39, 0.29) is 11.6 Å². The van der Waals surface area contributed by atoms with E-state index < -0.39 is 4.92 Å². The fraction of sp³-hybridized carbons (Fsp3) is 0.103. The van der Waals surface area contributed by atoms with Gasteiger partial charge in [-0.15, -0.1) is 0 Å². The third-order valence-electron chi connectivity index (χ3n) is 5.90. The van der Waals surface area contributed by atoms with Gasteiger partial charge in [-0.3, -0.25) is 24.8 Å². The second-order valence-electron chi connectivity index (χ2n) is 8.53. The van der Waals surface area contributed by atoms with Gasteiger partial charge < -0.3 is 4.42 Å². The van der Waals surface area contributed by atoms with Crippen molar-refractivity contribution in [2.75, 3.05) is 0 Å². The molecule has 0 N–H and O–H groups in total. The SMILES string of the molecule is Cc1ccc(-c2ccc(/C=C3\SC(=NCc4ccccc4)N(Cc4ccccc4)C3=O)o2)cc1[N+](=O)[O-]. The number of aryl methyl sites for hydroxylation is 1. The Balaban J connectivity index is 1.42. The molecule has 37 heavy (non-hydrogen) atoms. The summed E-state index contributed by atoms with van der Waals surface area (Å²) in [5.74, 6) is 0.826. The van der Waals surface area contributed by atoms with Gasteiger partial charge in [0.1, 0.15) is 11.5 Å². The quantitative estimate of drug-likeness (QED) is 0.155. The summed E-state index contributed by atoms with van der Waals surface area (Å²) in [5.41, 5.74) is 3.28. The van der Waals surface area contributed by atoms with E-state index >= 15 is 0 Å². The third-order valence-corrected chi connectivity index (χ3v) is 6.95. The van der Waals surface area contributed by atoms with E-state index in [1.54, 1.807) is 42.2 Å². The van der Waals surface area contributed by atoms with Gasteiger partial charge in [-0.05, 0) is 41.9 Å². The number of furan rings is 1. The number of nitrogens with zero attached hydrogens (tertiary/aromatic N) is 3. The second-order valence-corrected chi connectivity index (χ2v) is 9.54. The number of carbonyl (C=O) groups is 1. The molecule has 0 spiro atoms. The highest BCUT2D eigenvalue weighted by atomic mass is 32.2. The standard InChI is InChI=1S/C29H23N3O4S/c1-20-12-13-23(16-25(20)32(34)35)26-15-14-24(36-26)17-27-28(33)31(19-22-10-6-3-7-11-22)29(37-27)30-18-21-8-4-2-5-9-21/h2-17H,18-19H2,1H3/b27-17-,30-29?. The summed E-state index contributed by atoms with van der Waals surface area (Å²) in [6.07, 6.45) is 1.70. The molecule has 7 nitrogen and oxygen atoms in total. The van der Waals surface area contributed by atoms with Gasteiger partial charge in [-0.2, -0.15) is 0 Å². The van der Waals surface area contributed by atoms with Crippen molar-refractivity contribution in [2.24, 2.45) is 4.99 Å². The molecule has 184 valence electrons. The maximum Gasteiger partial charge on any atom is 0.273 e. The monoisotopic (exact) mass is 509 g/mol. The number of amides is 1. The molecule has 1 amide bonds. The Morgan fingerprint density at radius 3 is 2.38 bits per heavy atom. The van der Waals surface area contributed by atoms with Crippen molar-refractivity contribution in [1.82, 2.24) is 4.90 Å². The number of carbonyl (C=O) groups excluding carboxylic acids is 1.